The van der Waals surface area contributed by atoms with Gasteiger partial charge in [-0.25, -0.2) is 0 Å². The molecule has 0 aliphatic heterocycles. The Balaban J connectivity index is 1.84. The molecule has 0 bridgehead atoms. The third-order valence-electron chi connectivity index (χ3n) is 2.15. The van der Waals surface area contributed by atoms with E-state index in [0.717, 1.165) is 12.3 Å². The van der Waals surface area contributed by atoms with Crippen LogP contribution >= 0.6 is 22.9 Å². The Bertz CT molecular complexity index is 336. The molecule has 0 radical (unpaired) electrons. The van der Waals surface area contributed by atoms with Crippen LogP contribution in [0.4, 0.5) is 0 Å². The van der Waals surface area contributed by atoms with E-state index in [1.54, 1.807) is 0 Å². The number of halogens is 1. The third-order valence-corrected chi connectivity index (χ3v) is 3.44. The van der Waals surface area contributed by atoms with Crippen LogP contribution in [0.15, 0.2) is 0 Å². The highest BCUT2D eigenvalue weighted by Gasteiger charge is 2.21. The Labute approximate surface area is 91.1 Å². The van der Waals surface area contributed by atoms with Crippen molar-refractivity contribution >= 4 is 29.2 Å². The molecule has 1 heterocycles. The molecule has 0 spiro atoms. The zero-order valence-electron chi connectivity index (χ0n) is 7.53. The Morgan fingerprint density at radius 3 is 3.00 bits per heavy atom. The molecule has 3 nitrogen and oxygen atoms in total. The molecule has 0 N–H and O–H groups in total. The highest BCUT2D eigenvalue weighted by atomic mass is 35.5. The number of carbonyl (C=O) groups excluding carboxylic acids is 1. The second-order valence-electron chi connectivity index (χ2n) is 3.33. The Kier molecular flexibility index (Phi) is 3.03. The zero-order chi connectivity index (χ0) is 9.97. The smallest absolute Gasteiger partial charge is 0.275 e. The van der Waals surface area contributed by atoms with E-state index in [1.807, 2.05) is 0 Å². The van der Waals surface area contributed by atoms with Crippen LogP contribution in [-0.4, -0.2) is 17.9 Å². The standard InChI is InChI=1S/C9H10ClNO2S/c10-8-7(5-12)14-9(11-8)13-4-3-6-1-2-6/h5-6H,1-4H2. The molecule has 0 unspecified atom stereocenters. The predicted octanol–water partition coefficient (Wildman–Crippen LogP) is 2.79. The van der Waals surface area contributed by atoms with Crippen LogP contribution in [0.5, 0.6) is 5.19 Å². The monoisotopic (exact) mass is 231 g/mol. The molecular formula is C9H10ClNO2S. The summed E-state index contributed by atoms with van der Waals surface area (Å²) in [5.74, 6) is 0.843. The number of hydrogen-bond acceptors (Lipinski definition) is 4. The van der Waals surface area contributed by atoms with Gasteiger partial charge in [-0.3, -0.25) is 4.79 Å². The van der Waals surface area contributed by atoms with Crippen molar-refractivity contribution in [1.82, 2.24) is 4.98 Å². The molecule has 1 saturated carbocycles. The van der Waals surface area contributed by atoms with Crippen LogP contribution in [0.1, 0.15) is 28.9 Å². The molecule has 0 aromatic carbocycles. The quantitative estimate of drug-likeness (QED) is 0.732. The maximum atomic E-state index is 10.5. The SMILES string of the molecule is O=Cc1sc(OCCC2CC2)nc1Cl. The molecule has 14 heavy (non-hydrogen) atoms. The normalized spacial score (nSPS) is 15.5. The zero-order valence-corrected chi connectivity index (χ0v) is 9.11. The number of rotatable bonds is 5. The van der Waals surface area contributed by atoms with Gasteiger partial charge in [-0.2, -0.15) is 4.98 Å². The van der Waals surface area contributed by atoms with E-state index in [1.165, 1.54) is 24.2 Å². The van der Waals surface area contributed by atoms with Crippen LogP contribution in [0.2, 0.25) is 5.15 Å². The maximum absolute atomic E-state index is 10.5. The van der Waals surface area contributed by atoms with Crippen molar-refractivity contribution < 1.29 is 9.53 Å². The average molecular weight is 232 g/mol. The summed E-state index contributed by atoms with van der Waals surface area (Å²) in [6.45, 7) is 0.673. The lowest BCUT2D eigenvalue weighted by atomic mass is 10.3. The molecule has 76 valence electrons. The maximum Gasteiger partial charge on any atom is 0.275 e. The van der Waals surface area contributed by atoms with Gasteiger partial charge >= 0.3 is 0 Å². The Hall–Kier alpha value is -0.610. The summed E-state index contributed by atoms with van der Waals surface area (Å²) in [6, 6.07) is 0. The van der Waals surface area contributed by atoms with Gasteiger partial charge in [-0.1, -0.05) is 35.8 Å². The first kappa shape index (κ1) is 9.93. The van der Waals surface area contributed by atoms with Crippen molar-refractivity contribution in [2.75, 3.05) is 6.61 Å². The predicted molar refractivity (Wildman–Crippen MR) is 55.3 cm³/mol. The molecule has 1 fully saturated rings. The first-order valence-electron chi connectivity index (χ1n) is 4.54. The number of aldehydes is 1. The molecule has 0 amide bonds. The minimum Gasteiger partial charge on any atom is -0.470 e. The number of thiazole rings is 1. The van der Waals surface area contributed by atoms with E-state index in [0.29, 0.717) is 23.0 Å². The van der Waals surface area contributed by atoms with Crippen LogP contribution in [0, 0.1) is 5.92 Å². The van der Waals surface area contributed by atoms with Gasteiger partial charge in [-0.15, -0.1) is 0 Å². The lowest BCUT2D eigenvalue weighted by Crippen LogP contribution is -1.97. The Morgan fingerprint density at radius 2 is 2.43 bits per heavy atom. The summed E-state index contributed by atoms with van der Waals surface area (Å²) in [4.78, 5) is 14.8. The molecule has 0 atom stereocenters. The molecule has 5 heteroatoms. The number of nitrogens with zero attached hydrogens (tertiary/aromatic N) is 1. The van der Waals surface area contributed by atoms with Gasteiger partial charge in [0, 0.05) is 0 Å². The van der Waals surface area contributed by atoms with Crippen LogP contribution in [0.25, 0.3) is 0 Å². The summed E-state index contributed by atoms with van der Waals surface area (Å²) >= 11 is 6.89. The van der Waals surface area contributed by atoms with E-state index in [2.05, 4.69) is 4.98 Å². The molecule has 1 aromatic heterocycles. The molecular weight excluding hydrogens is 222 g/mol. The third kappa shape index (κ3) is 2.45. The van der Waals surface area contributed by atoms with Gasteiger partial charge in [0.15, 0.2) is 11.4 Å². The summed E-state index contributed by atoms with van der Waals surface area (Å²) in [5.41, 5.74) is 0. The van der Waals surface area contributed by atoms with Crippen molar-refractivity contribution in [3.63, 3.8) is 0 Å². The topological polar surface area (TPSA) is 39.2 Å². The molecule has 1 aliphatic carbocycles. The second kappa shape index (κ2) is 4.28. The minimum atomic E-state index is 0.242. The highest BCUT2D eigenvalue weighted by Crippen LogP contribution is 2.33. The van der Waals surface area contributed by atoms with E-state index >= 15 is 0 Å². The van der Waals surface area contributed by atoms with Crippen LogP contribution in [0.3, 0.4) is 0 Å². The van der Waals surface area contributed by atoms with Gasteiger partial charge in [0.05, 0.1) is 6.61 Å². The van der Waals surface area contributed by atoms with E-state index in [-0.39, 0.29) is 5.15 Å². The fraction of sp³-hybridized carbons (Fsp3) is 0.556. The summed E-state index contributed by atoms with van der Waals surface area (Å²) in [7, 11) is 0. The lowest BCUT2D eigenvalue weighted by molar-refractivity contribution is 0.112. The van der Waals surface area contributed by atoms with E-state index < -0.39 is 0 Å². The summed E-state index contributed by atoms with van der Waals surface area (Å²) in [5, 5.41) is 0.740. The first-order chi connectivity index (χ1) is 6.79. The van der Waals surface area contributed by atoms with Crippen molar-refractivity contribution in [2.45, 2.75) is 19.3 Å². The van der Waals surface area contributed by atoms with Gasteiger partial charge in [0.1, 0.15) is 4.88 Å². The average Bonchev–Trinajstić information content (AvgIpc) is 2.91. The van der Waals surface area contributed by atoms with Crippen molar-refractivity contribution in [3.8, 4) is 5.19 Å². The van der Waals surface area contributed by atoms with Crippen LogP contribution in [-0.2, 0) is 0 Å². The van der Waals surface area contributed by atoms with E-state index in [4.69, 9.17) is 16.3 Å². The number of carbonyl (C=O) groups is 1. The number of hydrogen-bond donors (Lipinski definition) is 0. The molecule has 1 aliphatic rings. The van der Waals surface area contributed by atoms with Gasteiger partial charge in [0.25, 0.3) is 5.19 Å². The van der Waals surface area contributed by atoms with Crippen molar-refractivity contribution in [3.05, 3.63) is 10.0 Å². The van der Waals surface area contributed by atoms with Gasteiger partial charge in [0.2, 0.25) is 0 Å². The first-order valence-corrected chi connectivity index (χ1v) is 5.73. The number of ether oxygens (including phenoxy) is 1. The summed E-state index contributed by atoms with van der Waals surface area (Å²) < 4.78 is 5.38. The molecule has 1 aromatic rings. The van der Waals surface area contributed by atoms with Gasteiger partial charge in [-0.05, 0) is 12.3 Å². The van der Waals surface area contributed by atoms with Crippen molar-refractivity contribution in [2.24, 2.45) is 5.92 Å². The second-order valence-corrected chi connectivity index (χ2v) is 4.68. The fourth-order valence-corrected chi connectivity index (χ4v) is 2.08. The number of aromatic nitrogens is 1. The highest BCUT2D eigenvalue weighted by molar-refractivity contribution is 7.15. The van der Waals surface area contributed by atoms with Gasteiger partial charge < -0.3 is 4.74 Å². The van der Waals surface area contributed by atoms with E-state index in [9.17, 15) is 4.79 Å². The summed E-state index contributed by atoms with van der Waals surface area (Å²) in [6.07, 6.45) is 4.42. The fourth-order valence-electron chi connectivity index (χ4n) is 1.15. The van der Waals surface area contributed by atoms with Crippen molar-refractivity contribution in [1.29, 1.82) is 0 Å². The molecule has 2 rings (SSSR count). The molecule has 0 saturated heterocycles. The largest absolute Gasteiger partial charge is 0.470 e. The lowest BCUT2D eigenvalue weighted by Gasteiger charge is -1.99. The Morgan fingerprint density at radius 1 is 1.64 bits per heavy atom. The minimum absolute atomic E-state index is 0.242. The van der Waals surface area contributed by atoms with Crippen LogP contribution < -0.4 is 4.74 Å².